The van der Waals surface area contributed by atoms with Crippen LogP contribution in [-0.2, 0) is 0 Å². The summed E-state index contributed by atoms with van der Waals surface area (Å²) < 4.78 is 0. The SMILES string of the molecule is CCCNCC(C)(C)CN(C)CCC. The molecule has 0 bridgehead atoms. The fourth-order valence-corrected chi connectivity index (χ4v) is 1.85. The van der Waals surface area contributed by atoms with Crippen LogP contribution >= 0.6 is 0 Å². The fourth-order valence-electron chi connectivity index (χ4n) is 1.85. The highest BCUT2D eigenvalue weighted by atomic mass is 15.1. The van der Waals surface area contributed by atoms with Crippen LogP contribution in [0.15, 0.2) is 0 Å². The zero-order valence-corrected chi connectivity index (χ0v) is 10.7. The average molecular weight is 200 g/mol. The Bertz CT molecular complexity index is 132. The van der Waals surface area contributed by atoms with Gasteiger partial charge in [0.15, 0.2) is 0 Å². The molecule has 0 unspecified atom stereocenters. The third-order valence-electron chi connectivity index (χ3n) is 2.33. The third kappa shape index (κ3) is 7.34. The summed E-state index contributed by atoms with van der Waals surface area (Å²) >= 11 is 0. The topological polar surface area (TPSA) is 15.3 Å². The Balaban J connectivity index is 3.69. The van der Waals surface area contributed by atoms with Crippen LogP contribution in [-0.4, -0.2) is 38.1 Å². The second-order valence-electron chi connectivity index (χ2n) is 5.08. The Morgan fingerprint density at radius 3 is 2.29 bits per heavy atom. The van der Waals surface area contributed by atoms with E-state index < -0.39 is 0 Å². The predicted molar refractivity (Wildman–Crippen MR) is 64.7 cm³/mol. The quantitative estimate of drug-likeness (QED) is 0.605. The minimum atomic E-state index is 0.388. The molecule has 0 aliphatic carbocycles. The molecular formula is C12H28N2. The number of nitrogens with zero attached hydrogens (tertiary/aromatic N) is 1. The van der Waals surface area contributed by atoms with Crippen molar-refractivity contribution in [2.45, 2.75) is 40.5 Å². The Morgan fingerprint density at radius 2 is 1.79 bits per heavy atom. The Hall–Kier alpha value is -0.0800. The van der Waals surface area contributed by atoms with Gasteiger partial charge in [0.1, 0.15) is 0 Å². The molecule has 2 nitrogen and oxygen atoms in total. The van der Waals surface area contributed by atoms with Gasteiger partial charge in [0.05, 0.1) is 0 Å². The summed E-state index contributed by atoms with van der Waals surface area (Å²) in [5.74, 6) is 0. The second kappa shape index (κ2) is 7.24. The third-order valence-corrected chi connectivity index (χ3v) is 2.33. The Kier molecular flexibility index (Phi) is 7.20. The van der Waals surface area contributed by atoms with E-state index in [4.69, 9.17) is 0 Å². The maximum Gasteiger partial charge on any atom is 0.00418 e. The number of hydrogen-bond donors (Lipinski definition) is 1. The fraction of sp³-hybridized carbons (Fsp3) is 1.00. The molecule has 0 aliphatic rings. The zero-order valence-electron chi connectivity index (χ0n) is 10.7. The summed E-state index contributed by atoms with van der Waals surface area (Å²) in [5.41, 5.74) is 0.388. The molecular weight excluding hydrogens is 172 g/mol. The van der Waals surface area contributed by atoms with Crippen LogP contribution in [0.4, 0.5) is 0 Å². The first-order valence-corrected chi connectivity index (χ1v) is 5.91. The molecule has 0 fully saturated rings. The van der Waals surface area contributed by atoms with Gasteiger partial charge in [-0.05, 0) is 38.4 Å². The van der Waals surface area contributed by atoms with Crippen molar-refractivity contribution in [3.63, 3.8) is 0 Å². The van der Waals surface area contributed by atoms with Gasteiger partial charge in [-0.15, -0.1) is 0 Å². The van der Waals surface area contributed by atoms with Crippen molar-refractivity contribution in [2.75, 3.05) is 33.2 Å². The van der Waals surface area contributed by atoms with E-state index in [2.05, 4.69) is 45.0 Å². The molecule has 0 saturated carbocycles. The maximum atomic E-state index is 3.50. The van der Waals surface area contributed by atoms with Gasteiger partial charge in [-0.3, -0.25) is 0 Å². The minimum absolute atomic E-state index is 0.388. The van der Waals surface area contributed by atoms with Crippen LogP contribution < -0.4 is 5.32 Å². The van der Waals surface area contributed by atoms with Gasteiger partial charge in [-0.25, -0.2) is 0 Å². The van der Waals surface area contributed by atoms with Crippen LogP contribution in [0, 0.1) is 5.41 Å². The standard InChI is InChI=1S/C12H28N2/c1-6-8-13-10-12(3,4)11-14(5)9-7-2/h13H,6-11H2,1-5H3. The van der Waals surface area contributed by atoms with Crippen molar-refractivity contribution < 1.29 is 0 Å². The number of nitrogens with one attached hydrogen (secondary N) is 1. The van der Waals surface area contributed by atoms with E-state index in [0.29, 0.717) is 5.41 Å². The Morgan fingerprint density at radius 1 is 1.14 bits per heavy atom. The molecule has 14 heavy (non-hydrogen) atoms. The van der Waals surface area contributed by atoms with E-state index in [-0.39, 0.29) is 0 Å². The average Bonchev–Trinajstić information content (AvgIpc) is 2.03. The molecule has 2 heteroatoms. The van der Waals surface area contributed by atoms with Gasteiger partial charge >= 0.3 is 0 Å². The monoisotopic (exact) mass is 200 g/mol. The van der Waals surface area contributed by atoms with E-state index in [0.717, 1.165) is 13.1 Å². The zero-order chi connectivity index (χ0) is 11.0. The van der Waals surface area contributed by atoms with E-state index in [9.17, 15) is 0 Å². The first-order valence-electron chi connectivity index (χ1n) is 5.91. The van der Waals surface area contributed by atoms with E-state index in [1.165, 1.54) is 25.9 Å². The van der Waals surface area contributed by atoms with Crippen LogP contribution in [0.2, 0.25) is 0 Å². The van der Waals surface area contributed by atoms with E-state index in [1.54, 1.807) is 0 Å². The summed E-state index contributed by atoms with van der Waals surface area (Å²) in [6, 6.07) is 0. The molecule has 0 spiro atoms. The largest absolute Gasteiger partial charge is 0.316 e. The highest BCUT2D eigenvalue weighted by Crippen LogP contribution is 2.14. The molecule has 0 aromatic carbocycles. The second-order valence-corrected chi connectivity index (χ2v) is 5.08. The summed E-state index contributed by atoms with van der Waals surface area (Å²) in [5, 5.41) is 3.50. The lowest BCUT2D eigenvalue weighted by Gasteiger charge is -2.30. The lowest BCUT2D eigenvalue weighted by atomic mass is 9.92. The van der Waals surface area contributed by atoms with Gasteiger partial charge in [-0.2, -0.15) is 0 Å². The van der Waals surface area contributed by atoms with E-state index in [1.807, 2.05) is 0 Å². The first-order chi connectivity index (χ1) is 6.52. The molecule has 86 valence electrons. The van der Waals surface area contributed by atoms with Crippen LogP contribution in [0.5, 0.6) is 0 Å². The Labute approximate surface area is 90.1 Å². The molecule has 0 rings (SSSR count). The minimum Gasteiger partial charge on any atom is -0.316 e. The van der Waals surface area contributed by atoms with Crippen LogP contribution in [0.25, 0.3) is 0 Å². The van der Waals surface area contributed by atoms with Gasteiger partial charge < -0.3 is 10.2 Å². The number of rotatable bonds is 8. The van der Waals surface area contributed by atoms with Gasteiger partial charge in [0, 0.05) is 13.1 Å². The lowest BCUT2D eigenvalue weighted by Crippen LogP contribution is -2.39. The molecule has 1 N–H and O–H groups in total. The van der Waals surface area contributed by atoms with Gasteiger partial charge in [0.2, 0.25) is 0 Å². The first kappa shape index (κ1) is 13.9. The molecule has 0 aliphatic heterocycles. The van der Waals surface area contributed by atoms with E-state index >= 15 is 0 Å². The molecule has 0 aromatic rings. The van der Waals surface area contributed by atoms with Crippen LogP contribution in [0.3, 0.4) is 0 Å². The van der Waals surface area contributed by atoms with Crippen molar-refractivity contribution in [1.82, 2.24) is 10.2 Å². The van der Waals surface area contributed by atoms with Crippen molar-refractivity contribution in [3.05, 3.63) is 0 Å². The molecule has 0 saturated heterocycles. The predicted octanol–water partition coefficient (Wildman–Crippen LogP) is 2.35. The summed E-state index contributed by atoms with van der Waals surface area (Å²) in [6.45, 7) is 13.8. The molecule has 0 atom stereocenters. The number of hydrogen-bond acceptors (Lipinski definition) is 2. The maximum absolute atomic E-state index is 3.50. The summed E-state index contributed by atoms with van der Waals surface area (Å²) in [7, 11) is 2.21. The van der Waals surface area contributed by atoms with Gasteiger partial charge in [-0.1, -0.05) is 27.7 Å². The van der Waals surface area contributed by atoms with Crippen molar-refractivity contribution in [3.8, 4) is 0 Å². The summed E-state index contributed by atoms with van der Waals surface area (Å²) in [6.07, 6.45) is 2.47. The highest BCUT2D eigenvalue weighted by molar-refractivity contribution is 4.74. The van der Waals surface area contributed by atoms with Crippen molar-refractivity contribution in [1.29, 1.82) is 0 Å². The van der Waals surface area contributed by atoms with Crippen molar-refractivity contribution >= 4 is 0 Å². The molecule has 0 radical (unpaired) electrons. The molecule has 0 amide bonds. The smallest absolute Gasteiger partial charge is 0.00418 e. The molecule has 0 heterocycles. The summed E-state index contributed by atoms with van der Waals surface area (Å²) in [4.78, 5) is 2.42. The lowest BCUT2D eigenvalue weighted by molar-refractivity contribution is 0.204. The van der Waals surface area contributed by atoms with Crippen molar-refractivity contribution in [2.24, 2.45) is 5.41 Å². The highest BCUT2D eigenvalue weighted by Gasteiger charge is 2.18. The molecule has 0 aromatic heterocycles. The van der Waals surface area contributed by atoms with Crippen LogP contribution in [0.1, 0.15) is 40.5 Å². The van der Waals surface area contributed by atoms with Gasteiger partial charge in [0.25, 0.3) is 0 Å². The normalized spacial score (nSPS) is 12.4.